The van der Waals surface area contributed by atoms with Gasteiger partial charge in [-0.25, -0.2) is 9.78 Å². The first kappa shape index (κ1) is 11.9. The standard InChI is InChI=1S/C12H11BrN2O2S/c13-8-5-4-7(18-8)10-11(12(16)17)15-6-2-1-3-9(15)14-10/h4-5H,1-3,6H2,(H,16,17). The first-order chi connectivity index (χ1) is 8.66. The number of carboxylic acid groups (broad SMARTS) is 1. The Bertz CT molecular complexity index is 618. The zero-order valence-corrected chi connectivity index (χ0v) is 11.9. The highest BCUT2D eigenvalue weighted by Gasteiger charge is 2.25. The molecule has 0 aliphatic carbocycles. The van der Waals surface area contributed by atoms with Gasteiger partial charge in [-0.15, -0.1) is 11.3 Å². The van der Waals surface area contributed by atoms with Crippen molar-refractivity contribution in [1.82, 2.24) is 9.55 Å². The summed E-state index contributed by atoms with van der Waals surface area (Å²) in [5, 5.41) is 9.41. The minimum Gasteiger partial charge on any atom is -0.477 e. The summed E-state index contributed by atoms with van der Waals surface area (Å²) in [6.45, 7) is 0.760. The summed E-state index contributed by atoms with van der Waals surface area (Å²) in [4.78, 5) is 16.9. The second-order valence-corrected chi connectivity index (χ2v) is 6.71. The molecule has 94 valence electrons. The number of halogens is 1. The van der Waals surface area contributed by atoms with E-state index in [1.807, 2.05) is 16.7 Å². The summed E-state index contributed by atoms with van der Waals surface area (Å²) in [6, 6.07) is 3.83. The zero-order chi connectivity index (χ0) is 12.7. The van der Waals surface area contributed by atoms with Gasteiger partial charge in [0.2, 0.25) is 0 Å². The molecule has 6 heteroatoms. The average molecular weight is 327 g/mol. The van der Waals surface area contributed by atoms with Crippen LogP contribution < -0.4 is 0 Å². The monoisotopic (exact) mass is 326 g/mol. The number of hydrogen-bond donors (Lipinski definition) is 1. The van der Waals surface area contributed by atoms with Crippen LogP contribution in [0.3, 0.4) is 0 Å². The molecular weight excluding hydrogens is 316 g/mol. The normalized spacial score (nSPS) is 14.5. The summed E-state index contributed by atoms with van der Waals surface area (Å²) < 4.78 is 2.84. The minimum absolute atomic E-state index is 0.332. The number of aryl methyl sites for hydroxylation is 1. The molecule has 0 atom stereocenters. The number of thiophene rings is 1. The van der Waals surface area contributed by atoms with Crippen molar-refractivity contribution in [2.24, 2.45) is 0 Å². The fourth-order valence-electron chi connectivity index (χ4n) is 2.31. The molecular formula is C12H11BrN2O2S. The molecule has 0 aromatic carbocycles. The Hall–Kier alpha value is -1.14. The van der Waals surface area contributed by atoms with Gasteiger partial charge < -0.3 is 9.67 Å². The maximum Gasteiger partial charge on any atom is 0.354 e. The summed E-state index contributed by atoms with van der Waals surface area (Å²) in [5.74, 6) is 0.00773. The third kappa shape index (κ3) is 1.89. The third-order valence-corrected chi connectivity index (χ3v) is 4.72. The predicted octanol–water partition coefficient (Wildman–Crippen LogP) is 3.41. The topological polar surface area (TPSA) is 55.1 Å². The molecule has 0 amide bonds. The van der Waals surface area contributed by atoms with Gasteiger partial charge in [0.1, 0.15) is 11.5 Å². The number of aromatic nitrogens is 2. The second kappa shape index (κ2) is 4.51. The molecule has 0 saturated heterocycles. The summed E-state index contributed by atoms with van der Waals surface area (Å²) in [7, 11) is 0. The number of carbonyl (C=O) groups is 1. The largest absolute Gasteiger partial charge is 0.477 e. The number of hydrogen-bond acceptors (Lipinski definition) is 3. The summed E-state index contributed by atoms with van der Waals surface area (Å²) in [6.07, 6.45) is 2.98. The smallest absolute Gasteiger partial charge is 0.354 e. The van der Waals surface area contributed by atoms with E-state index in [1.54, 1.807) is 0 Å². The van der Waals surface area contributed by atoms with Crippen molar-refractivity contribution < 1.29 is 9.90 Å². The van der Waals surface area contributed by atoms with Crippen molar-refractivity contribution in [3.05, 3.63) is 27.4 Å². The first-order valence-corrected chi connectivity index (χ1v) is 7.36. The first-order valence-electron chi connectivity index (χ1n) is 5.75. The van der Waals surface area contributed by atoms with Crippen LogP contribution in [-0.4, -0.2) is 20.6 Å². The average Bonchev–Trinajstić information content (AvgIpc) is 2.91. The number of carboxylic acids is 1. The lowest BCUT2D eigenvalue weighted by atomic mass is 10.1. The van der Waals surface area contributed by atoms with Crippen molar-refractivity contribution in [3.8, 4) is 10.6 Å². The van der Waals surface area contributed by atoms with Crippen LogP contribution in [-0.2, 0) is 13.0 Å². The highest BCUT2D eigenvalue weighted by Crippen LogP contribution is 2.34. The number of imidazole rings is 1. The Kier molecular flexibility index (Phi) is 2.99. The number of rotatable bonds is 2. The lowest BCUT2D eigenvalue weighted by Gasteiger charge is -2.14. The molecule has 0 unspecified atom stereocenters. The third-order valence-electron chi connectivity index (χ3n) is 3.09. The van der Waals surface area contributed by atoms with E-state index in [9.17, 15) is 9.90 Å². The Morgan fingerprint density at radius 3 is 2.94 bits per heavy atom. The van der Waals surface area contributed by atoms with Crippen LogP contribution in [0.2, 0.25) is 0 Å². The van der Waals surface area contributed by atoms with E-state index in [2.05, 4.69) is 20.9 Å². The van der Waals surface area contributed by atoms with E-state index in [-0.39, 0.29) is 0 Å². The quantitative estimate of drug-likeness (QED) is 0.920. The van der Waals surface area contributed by atoms with E-state index < -0.39 is 5.97 Å². The van der Waals surface area contributed by atoms with E-state index in [1.165, 1.54) is 11.3 Å². The molecule has 0 spiro atoms. The van der Waals surface area contributed by atoms with Crippen LogP contribution in [0.4, 0.5) is 0 Å². The van der Waals surface area contributed by atoms with Crippen molar-refractivity contribution in [3.63, 3.8) is 0 Å². The van der Waals surface area contributed by atoms with Gasteiger partial charge in [0.05, 0.1) is 8.66 Å². The Labute approximate surface area is 116 Å². The molecule has 2 aromatic heterocycles. The fourth-order valence-corrected chi connectivity index (χ4v) is 3.69. The van der Waals surface area contributed by atoms with Crippen molar-refractivity contribution in [2.75, 3.05) is 0 Å². The van der Waals surface area contributed by atoms with Gasteiger partial charge in [-0.2, -0.15) is 0 Å². The van der Waals surface area contributed by atoms with Gasteiger partial charge in [-0.05, 0) is 40.9 Å². The van der Waals surface area contributed by atoms with E-state index in [0.717, 1.165) is 40.3 Å². The summed E-state index contributed by atoms with van der Waals surface area (Å²) >= 11 is 4.91. The summed E-state index contributed by atoms with van der Waals surface area (Å²) in [5.41, 5.74) is 0.939. The highest BCUT2D eigenvalue weighted by molar-refractivity contribution is 9.11. The molecule has 3 heterocycles. The molecule has 3 rings (SSSR count). The molecule has 1 aliphatic rings. The SMILES string of the molecule is O=C(O)c1c(-c2ccc(Br)s2)nc2n1CCCC2. The number of fused-ring (bicyclic) bond motifs is 1. The molecule has 0 bridgehead atoms. The molecule has 1 N–H and O–H groups in total. The van der Waals surface area contributed by atoms with Gasteiger partial charge in [-0.3, -0.25) is 0 Å². The Morgan fingerprint density at radius 1 is 1.44 bits per heavy atom. The molecule has 0 fully saturated rings. The van der Waals surface area contributed by atoms with Crippen molar-refractivity contribution >= 4 is 33.2 Å². The number of nitrogens with zero attached hydrogens (tertiary/aromatic N) is 2. The van der Waals surface area contributed by atoms with Crippen LogP contribution in [0.25, 0.3) is 10.6 Å². The lowest BCUT2D eigenvalue weighted by Crippen LogP contribution is -2.15. The van der Waals surface area contributed by atoms with Crippen molar-refractivity contribution in [2.45, 2.75) is 25.8 Å². The Morgan fingerprint density at radius 2 is 2.28 bits per heavy atom. The lowest BCUT2D eigenvalue weighted by molar-refractivity contribution is 0.0685. The predicted molar refractivity (Wildman–Crippen MR) is 73.1 cm³/mol. The maximum atomic E-state index is 11.5. The molecule has 1 aliphatic heterocycles. The fraction of sp³-hybridized carbons (Fsp3) is 0.333. The van der Waals surface area contributed by atoms with Crippen LogP contribution in [0.1, 0.15) is 29.2 Å². The van der Waals surface area contributed by atoms with E-state index in [0.29, 0.717) is 11.4 Å². The van der Waals surface area contributed by atoms with Crippen molar-refractivity contribution in [1.29, 1.82) is 0 Å². The second-order valence-electron chi connectivity index (χ2n) is 4.24. The van der Waals surface area contributed by atoms with Crippen LogP contribution in [0.5, 0.6) is 0 Å². The zero-order valence-electron chi connectivity index (χ0n) is 9.52. The Balaban J connectivity index is 2.19. The molecule has 4 nitrogen and oxygen atoms in total. The highest BCUT2D eigenvalue weighted by atomic mass is 79.9. The van der Waals surface area contributed by atoms with Gasteiger partial charge in [0.15, 0.2) is 5.69 Å². The van der Waals surface area contributed by atoms with E-state index >= 15 is 0 Å². The van der Waals surface area contributed by atoms with Crippen LogP contribution in [0, 0.1) is 0 Å². The molecule has 18 heavy (non-hydrogen) atoms. The maximum absolute atomic E-state index is 11.5. The van der Waals surface area contributed by atoms with Gasteiger partial charge in [0, 0.05) is 13.0 Å². The van der Waals surface area contributed by atoms with Gasteiger partial charge in [0.25, 0.3) is 0 Å². The van der Waals surface area contributed by atoms with Gasteiger partial charge >= 0.3 is 5.97 Å². The molecule has 0 radical (unpaired) electrons. The number of aromatic carboxylic acids is 1. The van der Waals surface area contributed by atoms with Crippen LogP contribution in [0.15, 0.2) is 15.9 Å². The molecule has 2 aromatic rings. The van der Waals surface area contributed by atoms with Crippen LogP contribution >= 0.6 is 27.3 Å². The minimum atomic E-state index is -0.893. The van der Waals surface area contributed by atoms with Gasteiger partial charge in [-0.1, -0.05) is 0 Å². The van der Waals surface area contributed by atoms with E-state index in [4.69, 9.17) is 0 Å². The molecule has 0 saturated carbocycles.